The van der Waals surface area contributed by atoms with Crippen molar-refractivity contribution in [2.24, 2.45) is 22.7 Å². The van der Waals surface area contributed by atoms with Gasteiger partial charge in [-0.1, -0.05) is 33.8 Å². The number of methoxy groups -OCH3 is 2. The van der Waals surface area contributed by atoms with E-state index in [9.17, 15) is 5.11 Å². The summed E-state index contributed by atoms with van der Waals surface area (Å²) in [4.78, 5) is 5.20. The number of ether oxygens (including phenoxy) is 2. The summed E-state index contributed by atoms with van der Waals surface area (Å²) < 4.78 is 11.0. The van der Waals surface area contributed by atoms with Gasteiger partial charge in [-0.2, -0.15) is 0 Å². The zero-order valence-electron chi connectivity index (χ0n) is 17.5. The molecule has 5 heteroatoms. The minimum absolute atomic E-state index is 0.0478. The Labute approximate surface area is 163 Å². The molecule has 0 unspecified atom stereocenters. The van der Waals surface area contributed by atoms with Gasteiger partial charge in [-0.15, -0.1) is 0 Å². The van der Waals surface area contributed by atoms with E-state index in [4.69, 9.17) is 9.47 Å². The van der Waals surface area contributed by atoms with Crippen molar-refractivity contribution in [2.45, 2.75) is 40.0 Å². The Hall–Kier alpha value is -1.30. The lowest BCUT2D eigenvalue weighted by molar-refractivity contribution is -0.287. The second kappa shape index (κ2) is 6.36. The molecule has 150 valence electrons. The first-order chi connectivity index (χ1) is 12.8. The topological polar surface area (TPSA) is 45.2 Å². The van der Waals surface area contributed by atoms with Crippen LogP contribution in [0.4, 0.5) is 0 Å². The molecule has 4 heterocycles. The van der Waals surface area contributed by atoms with E-state index in [1.807, 2.05) is 6.07 Å². The summed E-state index contributed by atoms with van der Waals surface area (Å²) in [6, 6.07) is 6.29. The molecule has 4 bridgehead atoms. The van der Waals surface area contributed by atoms with Crippen LogP contribution in [0, 0.1) is 22.7 Å². The fourth-order valence-corrected chi connectivity index (χ4v) is 6.02. The molecule has 4 saturated heterocycles. The van der Waals surface area contributed by atoms with Crippen LogP contribution in [0.2, 0.25) is 0 Å². The van der Waals surface area contributed by atoms with Crippen LogP contribution in [0.1, 0.15) is 39.4 Å². The van der Waals surface area contributed by atoms with E-state index < -0.39 is 0 Å². The first kappa shape index (κ1) is 19.0. The van der Waals surface area contributed by atoms with E-state index in [1.165, 1.54) is 5.56 Å². The lowest BCUT2D eigenvalue weighted by Crippen LogP contribution is -2.80. The summed E-state index contributed by atoms with van der Waals surface area (Å²) in [5.74, 6) is 2.44. The van der Waals surface area contributed by atoms with Crippen molar-refractivity contribution in [1.29, 1.82) is 0 Å². The lowest BCUT2D eigenvalue weighted by Gasteiger charge is -2.71. The van der Waals surface area contributed by atoms with Gasteiger partial charge in [-0.3, -0.25) is 9.80 Å². The van der Waals surface area contributed by atoms with E-state index >= 15 is 0 Å². The van der Waals surface area contributed by atoms with E-state index in [2.05, 4.69) is 49.6 Å². The van der Waals surface area contributed by atoms with Gasteiger partial charge < -0.3 is 14.6 Å². The summed E-state index contributed by atoms with van der Waals surface area (Å²) in [6.07, 6.45) is 0.0138. The molecule has 5 nitrogen and oxygen atoms in total. The molecule has 0 amide bonds. The molecular weight excluding hydrogens is 340 g/mol. The van der Waals surface area contributed by atoms with Crippen molar-refractivity contribution in [3.05, 3.63) is 23.8 Å². The third-order valence-electron chi connectivity index (χ3n) is 7.78. The molecule has 4 fully saturated rings. The average molecular weight is 375 g/mol. The van der Waals surface area contributed by atoms with Crippen LogP contribution in [0.5, 0.6) is 11.5 Å². The Morgan fingerprint density at radius 3 is 1.78 bits per heavy atom. The minimum Gasteiger partial charge on any atom is -0.493 e. The maximum atomic E-state index is 11.5. The van der Waals surface area contributed by atoms with Crippen molar-refractivity contribution in [3.63, 3.8) is 0 Å². The van der Waals surface area contributed by atoms with E-state index in [0.29, 0.717) is 11.8 Å². The van der Waals surface area contributed by atoms with E-state index in [-0.39, 0.29) is 23.1 Å². The number of benzene rings is 1. The first-order valence-corrected chi connectivity index (χ1v) is 10.2. The molecule has 0 aromatic heterocycles. The van der Waals surface area contributed by atoms with Crippen LogP contribution >= 0.6 is 0 Å². The standard InChI is InChI=1S/C22H34N2O3/c1-14(2)21-10-23-12-22(15(3)4,20(21)25)13-24(11-21)19(23)16-7-8-17(26-5)18(9-16)27-6/h7-9,14-15,19-20,25H,10-13H2,1-6H3. The average Bonchev–Trinajstić information content (AvgIpc) is 2.64. The van der Waals surface area contributed by atoms with Crippen LogP contribution in [-0.4, -0.2) is 61.4 Å². The van der Waals surface area contributed by atoms with Crippen molar-refractivity contribution < 1.29 is 14.6 Å². The number of aliphatic hydroxyl groups is 1. The van der Waals surface area contributed by atoms with Gasteiger partial charge in [0.2, 0.25) is 0 Å². The SMILES string of the molecule is COc1ccc(C2N3CC4(C(C)C)CN2CC(C(C)C)(C3)C4O)cc1OC. The van der Waals surface area contributed by atoms with Crippen molar-refractivity contribution in [2.75, 3.05) is 40.4 Å². The van der Waals surface area contributed by atoms with Gasteiger partial charge in [0.15, 0.2) is 11.5 Å². The maximum Gasteiger partial charge on any atom is 0.161 e. The number of nitrogens with zero attached hydrogens (tertiary/aromatic N) is 2. The molecule has 0 saturated carbocycles. The first-order valence-electron chi connectivity index (χ1n) is 10.2. The smallest absolute Gasteiger partial charge is 0.161 e. The second-order valence-electron chi connectivity index (χ2n) is 9.48. The van der Waals surface area contributed by atoms with Gasteiger partial charge in [0.1, 0.15) is 0 Å². The minimum atomic E-state index is -0.233. The summed E-state index contributed by atoms with van der Waals surface area (Å²) in [7, 11) is 3.37. The fourth-order valence-electron chi connectivity index (χ4n) is 6.02. The van der Waals surface area contributed by atoms with Crippen LogP contribution < -0.4 is 9.47 Å². The highest BCUT2D eigenvalue weighted by molar-refractivity contribution is 5.44. The van der Waals surface area contributed by atoms with Crippen molar-refractivity contribution in [3.8, 4) is 11.5 Å². The Balaban J connectivity index is 1.75. The van der Waals surface area contributed by atoms with E-state index in [1.54, 1.807) is 14.2 Å². The zero-order chi connectivity index (χ0) is 19.6. The van der Waals surface area contributed by atoms with Gasteiger partial charge in [-0.25, -0.2) is 0 Å². The van der Waals surface area contributed by atoms with Gasteiger partial charge in [0.05, 0.1) is 26.5 Å². The largest absolute Gasteiger partial charge is 0.493 e. The Bertz CT molecular complexity index is 674. The molecule has 0 radical (unpaired) electrons. The lowest BCUT2D eigenvalue weighted by atomic mass is 9.52. The highest BCUT2D eigenvalue weighted by atomic mass is 16.5. The van der Waals surface area contributed by atoms with E-state index in [0.717, 1.165) is 37.7 Å². The fraction of sp³-hybridized carbons (Fsp3) is 0.727. The monoisotopic (exact) mass is 374 g/mol. The molecule has 1 N–H and O–H groups in total. The Morgan fingerprint density at radius 2 is 1.37 bits per heavy atom. The Morgan fingerprint density at radius 1 is 0.889 bits per heavy atom. The number of rotatable bonds is 5. The summed E-state index contributed by atoms with van der Waals surface area (Å²) >= 11 is 0. The van der Waals surface area contributed by atoms with Gasteiger partial charge in [0.25, 0.3) is 0 Å². The predicted octanol–water partition coefficient (Wildman–Crippen LogP) is 2.99. The summed E-state index contributed by atoms with van der Waals surface area (Å²) in [6.45, 7) is 12.9. The van der Waals surface area contributed by atoms with Gasteiger partial charge in [-0.05, 0) is 29.5 Å². The molecule has 27 heavy (non-hydrogen) atoms. The number of piperidine rings is 2. The molecule has 0 atom stereocenters. The van der Waals surface area contributed by atoms with Gasteiger partial charge in [0, 0.05) is 37.0 Å². The number of aliphatic hydroxyl groups excluding tert-OH is 1. The molecule has 5 rings (SSSR count). The molecule has 1 aromatic rings. The zero-order valence-corrected chi connectivity index (χ0v) is 17.5. The second-order valence-corrected chi connectivity index (χ2v) is 9.48. The Kier molecular flexibility index (Phi) is 4.48. The summed E-state index contributed by atoms with van der Waals surface area (Å²) in [5.41, 5.74) is 1.15. The quantitative estimate of drug-likeness (QED) is 0.858. The molecular formula is C22H34N2O3. The van der Waals surface area contributed by atoms with Crippen molar-refractivity contribution >= 4 is 0 Å². The maximum absolute atomic E-state index is 11.5. The highest BCUT2D eigenvalue weighted by Gasteiger charge is 2.66. The van der Waals surface area contributed by atoms with Crippen LogP contribution in [-0.2, 0) is 0 Å². The van der Waals surface area contributed by atoms with Crippen LogP contribution in [0.25, 0.3) is 0 Å². The molecule has 4 aliphatic rings. The van der Waals surface area contributed by atoms with Crippen LogP contribution in [0.3, 0.4) is 0 Å². The number of hydrogen-bond donors (Lipinski definition) is 1. The molecule has 0 spiro atoms. The predicted molar refractivity (Wildman–Crippen MR) is 106 cm³/mol. The molecule has 1 aromatic carbocycles. The summed E-state index contributed by atoms with van der Waals surface area (Å²) in [5, 5.41) is 11.5. The molecule has 0 aliphatic carbocycles. The third-order valence-corrected chi connectivity index (χ3v) is 7.78. The van der Waals surface area contributed by atoms with Crippen LogP contribution in [0.15, 0.2) is 18.2 Å². The number of hydrogen-bond acceptors (Lipinski definition) is 5. The normalized spacial score (nSPS) is 40.0. The highest BCUT2D eigenvalue weighted by Crippen LogP contribution is 2.59. The van der Waals surface area contributed by atoms with Crippen molar-refractivity contribution in [1.82, 2.24) is 9.80 Å². The molecule has 4 aliphatic heterocycles. The third kappa shape index (κ3) is 2.48. The van der Waals surface area contributed by atoms with Gasteiger partial charge >= 0.3 is 0 Å².